The molecule has 1 heterocycles. The minimum atomic E-state index is -0.895. The van der Waals surface area contributed by atoms with E-state index in [1.54, 1.807) is 6.92 Å². The van der Waals surface area contributed by atoms with Gasteiger partial charge in [0, 0.05) is 6.54 Å². The van der Waals surface area contributed by atoms with Crippen LogP contribution in [0.5, 0.6) is 0 Å². The van der Waals surface area contributed by atoms with Crippen molar-refractivity contribution in [3.63, 3.8) is 0 Å². The van der Waals surface area contributed by atoms with Gasteiger partial charge in [-0.15, -0.1) is 0 Å². The van der Waals surface area contributed by atoms with Gasteiger partial charge in [-0.3, -0.25) is 4.79 Å². The fourth-order valence-corrected chi connectivity index (χ4v) is 2.02. The van der Waals surface area contributed by atoms with E-state index in [4.69, 9.17) is 11.5 Å². The molecule has 2 unspecified atom stereocenters. The van der Waals surface area contributed by atoms with Crippen LogP contribution >= 0.6 is 0 Å². The van der Waals surface area contributed by atoms with E-state index in [1.165, 1.54) is 19.3 Å². The van der Waals surface area contributed by atoms with Gasteiger partial charge in [0.1, 0.15) is 5.54 Å². The van der Waals surface area contributed by atoms with Crippen LogP contribution in [0.4, 0.5) is 0 Å². The molecule has 1 aliphatic rings. The lowest BCUT2D eigenvalue weighted by atomic mass is 10.0. The summed E-state index contributed by atoms with van der Waals surface area (Å²) < 4.78 is 0. The van der Waals surface area contributed by atoms with Gasteiger partial charge in [0.25, 0.3) is 0 Å². The number of carbonyl (C=O) groups is 1. The van der Waals surface area contributed by atoms with Gasteiger partial charge < -0.3 is 16.4 Å². The van der Waals surface area contributed by atoms with Crippen LogP contribution in [0.3, 0.4) is 0 Å². The average Bonchev–Trinajstić information content (AvgIpc) is 2.30. The molecule has 0 spiro atoms. The van der Waals surface area contributed by atoms with Crippen LogP contribution in [0.1, 0.15) is 33.1 Å². The molecule has 1 saturated heterocycles. The molecule has 0 aromatic heterocycles. The molecule has 1 rings (SSSR count). The fourth-order valence-electron chi connectivity index (χ4n) is 2.02. The number of hydrogen-bond donors (Lipinski definition) is 2. The van der Waals surface area contributed by atoms with Crippen molar-refractivity contribution in [2.24, 2.45) is 17.4 Å². The Balaban J connectivity index is 2.47. The second-order valence-electron chi connectivity index (χ2n) is 5.09. The van der Waals surface area contributed by atoms with Crippen LogP contribution in [0.2, 0.25) is 0 Å². The standard InChI is InChI=1S/C11H23N3O/c1-9-4-3-6-14(7-5-9)8-11(2,13)10(12)15/h9H,3-8,13H2,1-2H3,(H2,12,15). The molecular weight excluding hydrogens is 190 g/mol. The van der Waals surface area contributed by atoms with Crippen LogP contribution < -0.4 is 11.5 Å². The van der Waals surface area contributed by atoms with E-state index < -0.39 is 11.4 Å². The average molecular weight is 213 g/mol. The normalized spacial score (nSPS) is 28.1. The van der Waals surface area contributed by atoms with Crippen LogP contribution in [0.25, 0.3) is 0 Å². The summed E-state index contributed by atoms with van der Waals surface area (Å²) in [5.74, 6) is 0.368. The highest BCUT2D eigenvalue weighted by molar-refractivity contribution is 5.84. The van der Waals surface area contributed by atoms with Crippen LogP contribution in [0.15, 0.2) is 0 Å². The molecule has 88 valence electrons. The van der Waals surface area contributed by atoms with Crippen molar-refractivity contribution in [1.29, 1.82) is 0 Å². The smallest absolute Gasteiger partial charge is 0.238 e. The quantitative estimate of drug-likeness (QED) is 0.708. The topological polar surface area (TPSA) is 72.3 Å². The minimum absolute atomic E-state index is 0.417. The number of rotatable bonds is 3. The molecule has 0 aromatic rings. The van der Waals surface area contributed by atoms with Crippen LogP contribution in [-0.4, -0.2) is 36.0 Å². The lowest BCUT2D eigenvalue weighted by Crippen LogP contribution is -2.56. The minimum Gasteiger partial charge on any atom is -0.368 e. The first-order valence-electron chi connectivity index (χ1n) is 5.73. The maximum atomic E-state index is 11.1. The van der Waals surface area contributed by atoms with E-state index in [1.807, 2.05) is 0 Å². The summed E-state index contributed by atoms with van der Waals surface area (Å²) in [7, 11) is 0. The van der Waals surface area contributed by atoms with Crippen molar-refractivity contribution in [3.8, 4) is 0 Å². The Kier molecular flexibility index (Phi) is 4.11. The first-order valence-corrected chi connectivity index (χ1v) is 5.73. The highest BCUT2D eigenvalue weighted by Crippen LogP contribution is 2.17. The second-order valence-corrected chi connectivity index (χ2v) is 5.09. The van der Waals surface area contributed by atoms with E-state index in [9.17, 15) is 4.79 Å². The summed E-state index contributed by atoms with van der Waals surface area (Å²) in [5, 5.41) is 0. The molecule has 4 heteroatoms. The lowest BCUT2D eigenvalue weighted by Gasteiger charge is -2.29. The number of nitrogens with zero attached hydrogens (tertiary/aromatic N) is 1. The van der Waals surface area contributed by atoms with Gasteiger partial charge in [0.15, 0.2) is 0 Å². The predicted octanol–water partition coefficient (Wildman–Crippen LogP) is 0.311. The van der Waals surface area contributed by atoms with Gasteiger partial charge in [0.05, 0.1) is 0 Å². The molecular formula is C11H23N3O. The Morgan fingerprint density at radius 1 is 1.47 bits per heavy atom. The van der Waals surface area contributed by atoms with Gasteiger partial charge in [-0.2, -0.15) is 0 Å². The molecule has 1 aliphatic heterocycles. The zero-order chi connectivity index (χ0) is 11.5. The van der Waals surface area contributed by atoms with E-state index in [2.05, 4.69) is 11.8 Å². The molecule has 1 fully saturated rings. The number of carbonyl (C=O) groups excluding carboxylic acids is 1. The van der Waals surface area contributed by atoms with Crippen molar-refractivity contribution < 1.29 is 4.79 Å². The molecule has 0 radical (unpaired) electrons. The van der Waals surface area contributed by atoms with Crippen molar-refractivity contribution in [2.45, 2.75) is 38.6 Å². The summed E-state index contributed by atoms with van der Waals surface area (Å²) in [6.45, 7) is 6.63. The Morgan fingerprint density at radius 3 is 2.73 bits per heavy atom. The molecule has 4 nitrogen and oxygen atoms in total. The number of primary amides is 1. The predicted molar refractivity (Wildman–Crippen MR) is 61.2 cm³/mol. The van der Waals surface area contributed by atoms with Gasteiger partial charge in [0.2, 0.25) is 5.91 Å². The molecule has 0 aliphatic carbocycles. The van der Waals surface area contributed by atoms with Crippen molar-refractivity contribution in [1.82, 2.24) is 4.90 Å². The molecule has 2 atom stereocenters. The number of nitrogens with two attached hydrogens (primary N) is 2. The Bertz CT molecular complexity index is 228. The summed E-state index contributed by atoms with van der Waals surface area (Å²) in [4.78, 5) is 13.4. The van der Waals surface area contributed by atoms with Crippen LogP contribution in [0, 0.1) is 5.92 Å². The zero-order valence-electron chi connectivity index (χ0n) is 9.83. The monoisotopic (exact) mass is 213 g/mol. The summed E-state index contributed by atoms with van der Waals surface area (Å²) >= 11 is 0. The van der Waals surface area contributed by atoms with Crippen molar-refractivity contribution in [3.05, 3.63) is 0 Å². The molecule has 0 bridgehead atoms. The Labute approximate surface area is 92.0 Å². The second kappa shape index (κ2) is 4.94. The Hall–Kier alpha value is -0.610. The SMILES string of the molecule is CC1CCCN(CC(C)(N)C(N)=O)CC1. The Morgan fingerprint density at radius 2 is 2.13 bits per heavy atom. The first kappa shape index (κ1) is 12.5. The first-order chi connectivity index (χ1) is 6.92. The molecule has 4 N–H and O–H groups in total. The summed E-state index contributed by atoms with van der Waals surface area (Å²) in [5.41, 5.74) is 10.2. The highest BCUT2D eigenvalue weighted by Gasteiger charge is 2.29. The van der Waals surface area contributed by atoms with Crippen LogP contribution in [-0.2, 0) is 4.79 Å². The maximum absolute atomic E-state index is 11.1. The molecule has 0 saturated carbocycles. The van der Waals surface area contributed by atoms with Gasteiger partial charge in [-0.25, -0.2) is 0 Å². The van der Waals surface area contributed by atoms with Gasteiger partial charge >= 0.3 is 0 Å². The van der Waals surface area contributed by atoms with E-state index in [0.717, 1.165) is 19.0 Å². The van der Waals surface area contributed by atoms with E-state index in [-0.39, 0.29) is 0 Å². The van der Waals surface area contributed by atoms with E-state index in [0.29, 0.717) is 6.54 Å². The third-order valence-electron chi connectivity index (χ3n) is 3.22. The third-order valence-corrected chi connectivity index (χ3v) is 3.22. The summed E-state index contributed by atoms with van der Waals surface area (Å²) in [6.07, 6.45) is 3.65. The van der Waals surface area contributed by atoms with Gasteiger partial charge in [-0.1, -0.05) is 6.92 Å². The third kappa shape index (κ3) is 3.80. The molecule has 1 amide bonds. The number of hydrogen-bond acceptors (Lipinski definition) is 3. The fraction of sp³-hybridized carbons (Fsp3) is 0.909. The van der Waals surface area contributed by atoms with E-state index >= 15 is 0 Å². The molecule has 15 heavy (non-hydrogen) atoms. The number of likely N-dealkylation sites (tertiary alicyclic amines) is 1. The highest BCUT2D eigenvalue weighted by atomic mass is 16.1. The molecule has 0 aromatic carbocycles. The van der Waals surface area contributed by atoms with Gasteiger partial charge in [-0.05, 0) is 45.2 Å². The van der Waals surface area contributed by atoms with Crippen molar-refractivity contribution in [2.75, 3.05) is 19.6 Å². The van der Waals surface area contributed by atoms with Crippen molar-refractivity contribution >= 4 is 5.91 Å². The zero-order valence-corrected chi connectivity index (χ0v) is 9.83. The number of amides is 1. The lowest BCUT2D eigenvalue weighted by molar-refractivity contribution is -0.123. The maximum Gasteiger partial charge on any atom is 0.238 e. The largest absolute Gasteiger partial charge is 0.368 e. The summed E-state index contributed by atoms with van der Waals surface area (Å²) in [6, 6.07) is 0.